The fourth-order valence-electron chi connectivity index (χ4n) is 2.01. The summed E-state index contributed by atoms with van der Waals surface area (Å²) < 4.78 is 43.5. The Balaban J connectivity index is 2.32. The molecule has 2 aromatic heterocycles. The molecule has 2 aromatic rings. The number of furan rings is 1. The molecule has 0 saturated heterocycles. The zero-order chi connectivity index (χ0) is 18.1. The zero-order valence-corrected chi connectivity index (χ0v) is 13.3. The second-order valence-corrected chi connectivity index (χ2v) is 5.51. The van der Waals surface area contributed by atoms with Gasteiger partial charge in [0.15, 0.2) is 11.3 Å². The van der Waals surface area contributed by atoms with Gasteiger partial charge in [0.1, 0.15) is 18.6 Å². The first-order chi connectivity index (χ1) is 11.1. The molecule has 0 aromatic carbocycles. The molecule has 2 amide bonds. The van der Waals surface area contributed by atoms with Crippen LogP contribution in [0.25, 0.3) is 11.1 Å². The monoisotopic (exact) mass is 343 g/mol. The molecule has 9 heteroatoms. The number of carbonyl (C=O) groups is 2. The van der Waals surface area contributed by atoms with E-state index in [0.29, 0.717) is 16.1 Å². The Bertz CT molecular complexity index is 768. The van der Waals surface area contributed by atoms with Gasteiger partial charge in [-0.2, -0.15) is 13.2 Å². The van der Waals surface area contributed by atoms with E-state index >= 15 is 0 Å². The molecule has 0 radical (unpaired) electrons. The third-order valence-corrected chi connectivity index (χ3v) is 3.21. The van der Waals surface area contributed by atoms with E-state index in [1.165, 1.54) is 20.2 Å². The second kappa shape index (κ2) is 6.50. The normalized spacial score (nSPS) is 11.6. The van der Waals surface area contributed by atoms with Gasteiger partial charge in [-0.1, -0.05) is 0 Å². The van der Waals surface area contributed by atoms with Crippen molar-refractivity contribution in [1.29, 1.82) is 0 Å². The van der Waals surface area contributed by atoms with Gasteiger partial charge in [-0.25, -0.2) is 4.98 Å². The summed E-state index contributed by atoms with van der Waals surface area (Å²) in [6.45, 7) is -0.511. The first-order valence-corrected chi connectivity index (χ1v) is 7.00. The lowest BCUT2D eigenvalue weighted by molar-refractivity contribution is -0.146. The van der Waals surface area contributed by atoms with Gasteiger partial charge in [-0.15, -0.1) is 0 Å². The van der Waals surface area contributed by atoms with Gasteiger partial charge < -0.3 is 14.2 Å². The highest BCUT2D eigenvalue weighted by molar-refractivity contribution is 5.97. The average Bonchev–Trinajstić information content (AvgIpc) is 2.87. The predicted molar refractivity (Wildman–Crippen MR) is 79.4 cm³/mol. The zero-order valence-electron chi connectivity index (χ0n) is 13.3. The number of aryl methyl sites for hydroxylation is 1. The molecule has 2 heterocycles. The number of likely N-dealkylation sites (N-methyl/N-ethyl adjacent to an activating group) is 1. The van der Waals surface area contributed by atoms with Crippen LogP contribution in [0.4, 0.5) is 13.2 Å². The summed E-state index contributed by atoms with van der Waals surface area (Å²) in [6.07, 6.45) is -4.64. The molecule has 0 unspecified atom stereocenters. The number of nitrogens with zero attached hydrogens (tertiary/aromatic N) is 3. The highest BCUT2D eigenvalue weighted by atomic mass is 19.4. The van der Waals surface area contributed by atoms with Gasteiger partial charge in [0.05, 0.1) is 0 Å². The molecule has 0 aliphatic carbocycles. The maximum absolute atomic E-state index is 12.7. The van der Waals surface area contributed by atoms with Crippen molar-refractivity contribution in [2.24, 2.45) is 0 Å². The van der Waals surface area contributed by atoms with Gasteiger partial charge in [0.2, 0.25) is 5.91 Å². The highest BCUT2D eigenvalue weighted by Crippen LogP contribution is 2.22. The number of hydrogen-bond donors (Lipinski definition) is 0. The number of pyridine rings is 1. The van der Waals surface area contributed by atoms with Crippen LogP contribution in [0, 0.1) is 6.92 Å². The minimum absolute atomic E-state index is 0.287. The van der Waals surface area contributed by atoms with E-state index in [9.17, 15) is 22.8 Å². The fourth-order valence-corrected chi connectivity index (χ4v) is 2.01. The van der Waals surface area contributed by atoms with Crippen LogP contribution in [0.1, 0.15) is 16.2 Å². The lowest BCUT2D eigenvalue weighted by Crippen LogP contribution is -2.44. The summed E-state index contributed by atoms with van der Waals surface area (Å²) >= 11 is 0. The molecule has 6 nitrogen and oxygen atoms in total. The second-order valence-electron chi connectivity index (χ2n) is 5.51. The fraction of sp³-hybridized carbons (Fsp3) is 0.400. The summed E-state index contributed by atoms with van der Waals surface area (Å²) in [5, 5.41) is 0. The third-order valence-electron chi connectivity index (χ3n) is 3.21. The topological polar surface area (TPSA) is 66.7 Å². The van der Waals surface area contributed by atoms with Crippen molar-refractivity contribution < 1.29 is 27.2 Å². The molecule has 0 atom stereocenters. The Kier molecular flexibility index (Phi) is 4.81. The van der Waals surface area contributed by atoms with Crippen LogP contribution in [-0.2, 0) is 4.79 Å². The molecule has 0 aliphatic heterocycles. The number of rotatable bonds is 4. The van der Waals surface area contributed by atoms with E-state index in [2.05, 4.69) is 4.98 Å². The first-order valence-electron chi connectivity index (χ1n) is 7.00. The van der Waals surface area contributed by atoms with Crippen molar-refractivity contribution in [3.8, 4) is 0 Å². The van der Waals surface area contributed by atoms with Crippen molar-refractivity contribution in [2.45, 2.75) is 13.1 Å². The minimum atomic E-state index is -4.64. The maximum atomic E-state index is 12.7. The molecule has 0 aliphatic rings. The van der Waals surface area contributed by atoms with Gasteiger partial charge in [0.25, 0.3) is 5.91 Å². The van der Waals surface area contributed by atoms with Crippen LogP contribution in [0.5, 0.6) is 0 Å². The van der Waals surface area contributed by atoms with Gasteiger partial charge in [-0.05, 0) is 19.1 Å². The Morgan fingerprint density at radius 2 is 1.92 bits per heavy atom. The number of hydrogen-bond acceptors (Lipinski definition) is 4. The van der Waals surface area contributed by atoms with Crippen molar-refractivity contribution in [1.82, 2.24) is 14.8 Å². The molecule has 24 heavy (non-hydrogen) atoms. The van der Waals surface area contributed by atoms with E-state index in [0.717, 1.165) is 4.90 Å². The molecular weight excluding hydrogens is 327 g/mol. The SMILES string of the molecule is Cc1ccc2oc(C(=O)N(CC(=O)N(C)C)CC(F)(F)F)cc2n1. The van der Waals surface area contributed by atoms with Crippen LogP contribution in [0.2, 0.25) is 0 Å². The molecule has 2 rings (SSSR count). The summed E-state index contributed by atoms with van der Waals surface area (Å²) in [5.41, 5.74) is 1.33. The minimum Gasteiger partial charge on any atom is -0.449 e. The maximum Gasteiger partial charge on any atom is 0.406 e. The van der Waals surface area contributed by atoms with Crippen LogP contribution < -0.4 is 0 Å². The van der Waals surface area contributed by atoms with Crippen LogP contribution >= 0.6 is 0 Å². The van der Waals surface area contributed by atoms with Crippen molar-refractivity contribution in [3.05, 3.63) is 29.7 Å². The standard InChI is InChI=1S/C15H16F3N3O3/c1-9-4-5-11-10(19-9)6-12(24-11)14(23)21(8-15(16,17)18)7-13(22)20(2)3/h4-6H,7-8H2,1-3H3. The summed E-state index contributed by atoms with van der Waals surface area (Å²) in [7, 11) is 2.79. The Morgan fingerprint density at radius 1 is 1.25 bits per heavy atom. The predicted octanol–water partition coefficient (Wildman–Crippen LogP) is 2.23. The third kappa shape index (κ3) is 4.24. The largest absolute Gasteiger partial charge is 0.449 e. The number of aromatic nitrogens is 1. The van der Waals surface area contributed by atoms with Crippen LogP contribution in [0.15, 0.2) is 22.6 Å². The molecule has 0 bridgehead atoms. The summed E-state index contributed by atoms with van der Waals surface area (Å²) in [6, 6.07) is 4.50. The van der Waals surface area contributed by atoms with Crippen molar-refractivity contribution >= 4 is 22.9 Å². The molecule has 0 spiro atoms. The smallest absolute Gasteiger partial charge is 0.406 e. The lowest BCUT2D eigenvalue weighted by Gasteiger charge is -2.23. The van der Waals surface area contributed by atoms with E-state index in [1.54, 1.807) is 19.1 Å². The first kappa shape index (κ1) is 17.8. The van der Waals surface area contributed by atoms with E-state index in [1.807, 2.05) is 0 Å². The average molecular weight is 343 g/mol. The lowest BCUT2D eigenvalue weighted by atomic mass is 10.3. The molecule has 0 N–H and O–H groups in total. The summed E-state index contributed by atoms with van der Waals surface area (Å²) in [4.78, 5) is 29.7. The molecule has 0 fully saturated rings. The number of alkyl halides is 3. The van der Waals surface area contributed by atoms with Crippen molar-refractivity contribution in [2.75, 3.05) is 27.2 Å². The molecular formula is C15H16F3N3O3. The number of fused-ring (bicyclic) bond motifs is 1. The van der Waals surface area contributed by atoms with Gasteiger partial charge in [-0.3, -0.25) is 9.59 Å². The van der Waals surface area contributed by atoms with Gasteiger partial charge in [0, 0.05) is 25.9 Å². The van der Waals surface area contributed by atoms with E-state index in [-0.39, 0.29) is 11.3 Å². The Hall–Kier alpha value is -2.58. The van der Waals surface area contributed by atoms with E-state index in [4.69, 9.17) is 4.42 Å². The van der Waals surface area contributed by atoms with Crippen LogP contribution in [-0.4, -0.2) is 60.0 Å². The number of amides is 2. The van der Waals surface area contributed by atoms with E-state index < -0.39 is 31.1 Å². The Morgan fingerprint density at radius 3 is 2.50 bits per heavy atom. The Labute approximate surface area is 135 Å². The summed E-state index contributed by atoms with van der Waals surface area (Å²) in [5.74, 6) is -1.94. The number of carbonyl (C=O) groups excluding carboxylic acids is 2. The molecule has 130 valence electrons. The number of halogens is 3. The van der Waals surface area contributed by atoms with Crippen LogP contribution in [0.3, 0.4) is 0 Å². The quantitative estimate of drug-likeness (QED) is 0.854. The molecule has 0 saturated carbocycles. The van der Waals surface area contributed by atoms with Crippen molar-refractivity contribution in [3.63, 3.8) is 0 Å². The highest BCUT2D eigenvalue weighted by Gasteiger charge is 2.35. The van der Waals surface area contributed by atoms with Gasteiger partial charge >= 0.3 is 6.18 Å².